The number of hydrogen-bond donors (Lipinski definition) is 1. The van der Waals surface area contributed by atoms with Gasteiger partial charge < -0.3 is 19.2 Å². The molecule has 0 aliphatic carbocycles. The molecule has 6 nitrogen and oxygen atoms in total. The molecule has 1 N–H and O–H groups in total. The van der Waals surface area contributed by atoms with Gasteiger partial charge >= 0.3 is 11.9 Å². The third-order valence-corrected chi connectivity index (χ3v) is 2.97. The predicted molar refractivity (Wildman–Crippen MR) is 76.8 cm³/mol. The Morgan fingerprint density at radius 3 is 2.38 bits per heavy atom. The number of H-pyrrole nitrogens is 1. The highest BCUT2D eigenvalue weighted by molar-refractivity contribution is 6.13. The number of aromatic nitrogens is 1. The highest BCUT2D eigenvalue weighted by Gasteiger charge is 2.26. The number of benzene rings is 1. The fraction of sp³-hybridized carbons (Fsp3) is 0.333. The molecule has 0 spiro atoms. The fourth-order valence-electron chi connectivity index (χ4n) is 2.13. The molecule has 1 heterocycles. The number of methoxy groups -OCH3 is 1. The molecule has 0 saturated carbocycles. The van der Waals surface area contributed by atoms with Crippen molar-refractivity contribution in [2.45, 2.75) is 13.8 Å². The highest BCUT2D eigenvalue weighted by Crippen LogP contribution is 2.30. The molecule has 1 aromatic carbocycles. The van der Waals surface area contributed by atoms with Crippen LogP contribution < -0.4 is 4.74 Å². The van der Waals surface area contributed by atoms with Gasteiger partial charge in [-0.15, -0.1) is 0 Å². The molecule has 2 aromatic rings. The van der Waals surface area contributed by atoms with Crippen LogP contribution in [0.2, 0.25) is 0 Å². The molecule has 0 unspecified atom stereocenters. The number of esters is 2. The summed E-state index contributed by atoms with van der Waals surface area (Å²) in [5.74, 6) is -0.632. The van der Waals surface area contributed by atoms with Gasteiger partial charge in [0.05, 0.1) is 25.8 Å². The van der Waals surface area contributed by atoms with E-state index < -0.39 is 11.9 Å². The number of nitrogens with one attached hydrogen (secondary N) is 1. The maximum Gasteiger partial charge on any atom is 0.355 e. The number of ether oxygens (including phenoxy) is 3. The van der Waals surface area contributed by atoms with E-state index in [9.17, 15) is 9.59 Å². The Morgan fingerprint density at radius 1 is 1.10 bits per heavy atom. The third-order valence-electron chi connectivity index (χ3n) is 2.97. The molecule has 21 heavy (non-hydrogen) atoms. The molecular formula is C15H17NO5. The summed E-state index contributed by atoms with van der Waals surface area (Å²) >= 11 is 0. The molecule has 0 fully saturated rings. The molecule has 0 amide bonds. The van der Waals surface area contributed by atoms with Gasteiger partial charge in [0.2, 0.25) is 0 Å². The van der Waals surface area contributed by atoms with Gasteiger partial charge in [-0.2, -0.15) is 0 Å². The molecule has 1 aromatic heterocycles. The number of fused-ring (bicyclic) bond motifs is 1. The van der Waals surface area contributed by atoms with Crippen molar-refractivity contribution in [2.75, 3.05) is 20.3 Å². The lowest BCUT2D eigenvalue weighted by Gasteiger charge is -2.04. The fourth-order valence-corrected chi connectivity index (χ4v) is 2.13. The summed E-state index contributed by atoms with van der Waals surface area (Å²) < 4.78 is 15.3. The van der Waals surface area contributed by atoms with Crippen molar-refractivity contribution >= 4 is 22.8 Å². The average molecular weight is 291 g/mol. The van der Waals surface area contributed by atoms with E-state index in [1.165, 1.54) is 7.11 Å². The second-order valence-corrected chi connectivity index (χ2v) is 4.20. The van der Waals surface area contributed by atoms with Crippen molar-refractivity contribution in [1.82, 2.24) is 4.98 Å². The number of carbonyl (C=O) groups excluding carboxylic acids is 2. The standard InChI is InChI=1S/C15H17NO5/c1-4-20-14(17)11-9-7-6-8-10(19-3)12(9)16-13(11)15(18)21-5-2/h6-8,16H,4-5H2,1-3H3. The maximum atomic E-state index is 12.2. The Labute approximate surface area is 122 Å². The molecule has 0 aliphatic heterocycles. The van der Waals surface area contributed by atoms with Crippen molar-refractivity contribution in [1.29, 1.82) is 0 Å². The number of hydrogen-bond acceptors (Lipinski definition) is 5. The quantitative estimate of drug-likeness (QED) is 0.856. The zero-order valence-corrected chi connectivity index (χ0v) is 12.2. The molecule has 0 saturated heterocycles. The zero-order chi connectivity index (χ0) is 15.4. The largest absolute Gasteiger partial charge is 0.495 e. The van der Waals surface area contributed by atoms with Crippen LogP contribution in [0, 0.1) is 0 Å². The summed E-state index contributed by atoms with van der Waals surface area (Å²) in [4.78, 5) is 27.1. The van der Waals surface area contributed by atoms with Gasteiger partial charge in [-0.3, -0.25) is 0 Å². The van der Waals surface area contributed by atoms with E-state index in [0.717, 1.165) is 0 Å². The molecule has 0 aliphatic rings. The van der Waals surface area contributed by atoms with Crippen LogP contribution in [0.4, 0.5) is 0 Å². The molecule has 0 radical (unpaired) electrons. The number of rotatable bonds is 5. The first kappa shape index (κ1) is 14.9. The summed E-state index contributed by atoms with van der Waals surface area (Å²) in [6, 6.07) is 5.21. The zero-order valence-electron chi connectivity index (χ0n) is 12.2. The summed E-state index contributed by atoms with van der Waals surface area (Å²) in [6.45, 7) is 3.84. The first-order valence-electron chi connectivity index (χ1n) is 6.66. The molecular weight excluding hydrogens is 274 g/mol. The lowest BCUT2D eigenvalue weighted by atomic mass is 10.1. The smallest absolute Gasteiger partial charge is 0.355 e. The van der Waals surface area contributed by atoms with E-state index in [0.29, 0.717) is 16.7 Å². The predicted octanol–water partition coefficient (Wildman–Crippen LogP) is 2.53. The van der Waals surface area contributed by atoms with E-state index in [-0.39, 0.29) is 24.5 Å². The van der Waals surface area contributed by atoms with Crippen molar-refractivity contribution in [3.63, 3.8) is 0 Å². The Balaban J connectivity index is 2.67. The van der Waals surface area contributed by atoms with Gasteiger partial charge in [0.15, 0.2) is 0 Å². The van der Waals surface area contributed by atoms with E-state index in [4.69, 9.17) is 14.2 Å². The minimum Gasteiger partial charge on any atom is -0.495 e. The van der Waals surface area contributed by atoms with Gasteiger partial charge in [-0.1, -0.05) is 12.1 Å². The van der Waals surface area contributed by atoms with Gasteiger partial charge in [0, 0.05) is 5.39 Å². The summed E-state index contributed by atoms with van der Waals surface area (Å²) in [7, 11) is 1.52. The van der Waals surface area contributed by atoms with Crippen LogP contribution in [0.5, 0.6) is 5.75 Å². The Hall–Kier alpha value is -2.50. The average Bonchev–Trinajstić information content (AvgIpc) is 2.87. The molecule has 6 heteroatoms. The van der Waals surface area contributed by atoms with Crippen molar-refractivity contribution < 1.29 is 23.8 Å². The van der Waals surface area contributed by atoms with Gasteiger partial charge in [0.25, 0.3) is 0 Å². The van der Waals surface area contributed by atoms with E-state index in [2.05, 4.69) is 4.98 Å². The second kappa shape index (κ2) is 6.30. The molecule has 2 rings (SSSR count). The summed E-state index contributed by atoms with van der Waals surface area (Å²) in [5.41, 5.74) is 0.810. The summed E-state index contributed by atoms with van der Waals surface area (Å²) in [5, 5.41) is 0.566. The van der Waals surface area contributed by atoms with Crippen LogP contribution in [-0.4, -0.2) is 37.2 Å². The van der Waals surface area contributed by atoms with Crippen LogP contribution in [0.3, 0.4) is 0 Å². The lowest BCUT2D eigenvalue weighted by molar-refractivity contribution is 0.0477. The SMILES string of the molecule is CCOC(=O)c1[nH]c2c(OC)cccc2c1C(=O)OCC. The normalized spacial score (nSPS) is 10.4. The first-order chi connectivity index (χ1) is 10.1. The van der Waals surface area contributed by atoms with E-state index >= 15 is 0 Å². The Kier molecular flexibility index (Phi) is 4.47. The Morgan fingerprint density at radius 2 is 1.76 bits per heavy atom. The molecule has 0 atom stereocenters. The van der Waals surface area contributed by atoms with Crippen LogP contribution in [0.1, 0.15) is 34.7 Å². The third kappa shape index (κ3) is 2.69. The lowest BCUT2D eigenvalue weighted by Crippen LogP contribution is -2.13. The molecule has 0 bridgehead atoms. The van der Waals surface area contributed by atoms with Gasteiger partial charge in [0.1, 0.15) is 17.0 Å². The monoisotopic (exact) mass is 291 g/mol. The van der Waals surface area contributed by atoms with Crippen molar-refractivity contribution in [3.05, 3.63) is 29.5 Å². The van der Waals surface area contributed by atoms with Crippen molar-refractivity contribution in [2.24, 2.45) is 0 Å². The van der Waals surface area contributed by atoms with E-state index in [1.807, 2.05) is 0 Å². The number of carbonyl (C=O) groups is 2. The summed E-state index contributed by atoms with van der Waals surface area (Å²) in [6.07, 6.45) is 0. The van der Waals surface area contributed by atoms with Crippen LogP contribution in [-0.2, 0) is 9.47 Å². The highest BCUT2D eigenvalue weighted by atomic mass is 16.5. The Bertz CT molecular complexity index is 674. The first-order valence-corrected chi connectivity index (χ1v) is 6.66. The topological polar surface area (TPSA) is 77.6 Å². The minimum atomic E-state index is -0.598. The van der Waals surface area contributed by atoms with Crippen LogP contribution in [0.25, 0.3) is 10.9 Å². The van der Waals surface area contributed by atoms with Crippen molar-refractivity contribution in [3.8, 4) is 5.75 Å². The van der Waals surface area contributed by atoms with Gasteiger partial charge in [-0.05, 0) is 19.9 Å². The maximum absolute atomic E-state index is 12.2. The van der Waals surface area contributed by atoms with Crippen LogP contribution in [0.15, 0.2) is 18.2 Å². The minimum absolute atomic E-state index is 0.0785. The van der Waals surface area contributed by atoms with E-state index in [1.54, 1.807) is 32.0 Å². The van der Waals surface area contributed by atoms with Gasteiger partial charge in [-0.25, -0.2) is 9.59 Å². The number of para-hydroxylation sites is 1. The second-order valence-electron chi connectivity index (χ2n) is 4.20. The van der Waals surface area contributed by atoms with Crippen LogP contribution >= 0.6 is 0 Å². The molecule has 112 valence electrons. The number of aromatic amines is 1.